The van der Waals surface area contributed by atoms with E-state index in [1.807, 2.05) is 19.1 Å². The number of hydrogen-bond acceptors (Lipinski definition) is 3. The van der Waals surface area contributed by atoms with Gasteiger partial charge in [-0.1, -0.05) is 24.3 Å². The van der Waals surface area contributed by atoms with Crippen molar-refractivity contribution in [1.29, 1.82) is 0 Å². The highest BCUT2D eigenvalue weighted by Crippen LogP contribution is 2.22. The van der Waals surface area contributed by atoms with E-state index in [0.717, 1.165) is 18.0 Å². The lowest BCUT2D eigenvalue weighted by Gasteiger charge is -2.24. The van der Waals surface area contributed by atoms with Crippen molar-refractivity contribution in [2.75, 3.05) is 21.3 Å². The molecule has 0 aromatic heterocycles. The zero-order chi connectivity index (χ0) is 13.6. The molecule has 18 heavy (non-hydrogen) atoms. The number of halogens is 1. The molecule has 1 rings (SSSR count). The van der Waals surface area contributed by atoms with Gasteiger partial charge in [-0.2, -0.15) is 0 Å². The first kappa shape index (κ1) is 15.7. The average molecular weight is 289 g/mol. The van der Waals surface area contributed by atoms with E-state index in [9.17, 15) is 0 Å². The third-order valence-electron chi connectivity index (χ3n) is 3.06. The first-order valence-corrected chi connectivity index (χ1v) is 8.32. The van der Waals surface area contributed by atoms with Gasteiger partial charge in [0.15, 0.2) is 0 Å². The normalized spacial score (nSPS) is 13.6. The molecule has 0 aliphatic heterocycles. The minimum absolute atomic E-state index is 0.0271. The highest BCUT2D eigenvalue weighted by molar-refractivity contribution is 6.60. The molecule has 0 fully saturated rings. The molecule has 0 saturated heterocycles. The van der Waals surface area contributed by atoms with Crippen molar-refractivity contribution in [2.24, 2.45) is 0 Å². The van der Waals surface area contributed by atoms with Crippen LogP contribution in [0.4, 0.5) is 0 Å². The van der Waals surface area contributed by atoms with Crippen molar-refractivity contribution in [3.8, 4) is 0 Å². The molecule has 0 aliphatic rings. The lowest BCUT2D eigenvalue weighted by Crippen LogP contribution is -2.43. The second kappa shape index (κ2) is 7.26. The number of hydrogen-bond donors (Lipinski definition) is 0. The van der Waals surface area contributed by atoms with E-state index in [-0.39, 0.29) is 5.38 Å². The molecule has 0 aliphatic carbocycles. The van der Waals surface area contributed by atoms with Gasteiger partial charge in [-0.15, -0.1) is 11.6 Å². The predicted octanol–water partition coefficient (Wildman–Crippen LogP) is 3.41. The fourth-order valence-electron chi connectivity index (χ4n) is 1.85. The zero-order valence-electron chi connectivity index (χ0n) is 11.4. The van der Waals surface area contributed by atoms with Crippen LogP contribution in [0.15, 0.2) is 24.3 Å². The van der Waals surface area contributed by atoms with Gasteiger partial charge in [0.25, 0.3) is 0 Å². The van der Waals surface area contributed by atoms with Gasteiger partial charge in [0.1, 0.15) is 0 Å². The molecule has 5 heteroatoms. The zero-order valence-corrected chi connectivity index (χ0v) is 13.2. The molecule has 0 amide bonds. The fraction of sp³-hybridized carbons (Fsp3) is 0.538. The van der Waals surface area contributed by atoms with Crippen molar-refractivity contribution >= 4 is 20.4 Å². The van der Waals surface area contributed by atoms with Crippen LogP contribution in [0.3, 0.4) is 0 Å². The second-order valence-electron chi connectivity index (χ2n) is 4.16. The van der Waals surface area contributed by atoms with Crippen molar-refractivity contribution in [3.05, 3.63) is 35.4 Å². The highest BCUT2D eigenvalue weighted by Gasteiger charge is 2.37. The van der Waals surface area contributed by atoms with Gasteiger partial charge >= 0.3 is 8.80 Å². The van der Waals surface area contributed by atoms with Gasteiger partial charge in [0, 0.05) is 27.4 Å². The van der Waals surface area contributed by atoms with E-state index >= 15 is 0 Å². The minimum Gasteiger partial charge on any atom is -0.377 e. The Hall–Kier alpha value is -0.393. The summed E-state index contributed by atoms with van der Waals surface area (Å²) in [5.41, 5.74) is 2.36. The Bertz CT molecular complexity index is 359. The monoisotopic (exact) mass is 288 g/mol. The molecule has 3 nitrogen and oxygen atoms in total. The SMILES string of the molecule is CO[Si](CCc1cccc(C(C)Cl)c1)(OC)OC. The topological polar surface area (TPSA) is 27.7 Å². The molecule has 1 atom stereocenters. The summed E-state index contributed by atoms with van der Waals surface area (Å²) in [7, 11) is 2.43. The largest absolute Gasteiger partial charge is 0.500 e. The molecule has 1 aromatic rings. The summed E-state index contributed by atoms with van der Waals surface area (Å²) in [6, 6.07) is 9.03. The minimum atomic E-state index is -2.48. The number of aryl methyl sites for hydroxylation is 1. The second-order valence-corrected chi connectivity index (χ2v) is 7.90. The third-order valence-corrected chi connectivity index (χ3v) is 6.04. The van der Waals surface area contributed by atoms with Gasteiger partial charge in [0.05, 0.1) is 5.38 Å². The van der Waals surface area contributed by atoms with Crippen molar-refractivity contribution in [1.82, 2.24) is 0 Å². The van der Waals surface area contributed by atoms with E-state index < -0.39 is 8.80 Å². The maximum atomic E-state index is 6.08. The molecule has 0 radical (unpaired) electrons. The maximum Gasteiger partial charge on any atom is 0.500 e. The molecule has 0 saturated carbocycles. The summed E-state index contributed by atoms with van der Waals surface area (Å²) in [5, 5.41) is 0.0271. The van der Waals surface area contributed by atoms with Crippen LogP contribution in [0.25, 0.3) is 0 Å². The molecular weight excluding hydrogens is 268 g/mol. The number of benzene rings is 1. The van der Waals surface area contributed by atoms with Gasteiger partial charge in [-0.05, 0) is 24.5 Å². The van der Waals surface area contributed by atoms with Crippen LogP contribution in [0.5, 0.6) is 0 Å². The Kier molecular flexibility index (Phi) is 6.32. The van der Waals surface area contributed by atoms with Crippen LogP contribution >= 0.6 is 11.6 Å². The predicted molar refractivity (Wildman–Crippen MR) is 76.0 cm³/mol. The Labute approximate surface area is 115 Å². The third kappa shape index (κ3) is 4.07. The standard InChI is InChI=1S/C13H21ClO3Si/c1-11(14)13-7-5-6-12(10-13)8-9-18(15-2,16-3)17-4/h5-7,10-11H,8-9H2,1-4H3. The van der Waals surface area contributed by atoms with E-state index in [0.29, 0.717) is 0 Å². The van der Waals surface area contributed by atoms with E-state index in [1.165, 1.54) is 5.56 Å². The number of rotatable bonds is 7. The smallest absolute Gasteiger partial charge is 0.377 e. The van der Waals surface area contributed by atoms with Gasteiger partial charge in [-0.25, -0.2) is 0 Å². The van der Waals surface area contributed by atoms with Gasteiger partial charge in [-0.3, -0.25) is 0 Å². The van der Waals surface area contributed by atoms with Gasteiger partial charge in [0.2, 0.25) is 0 Å². The van der Waals surface area contributed by atoms with Crippen LogP contribution in [-0.4, -0.2) is 30.1 Å². The molecule has 0 heterocycles. The Morgan fingerprint density at radius 2 is 1.78 bits per heavy atom. The molecule has 102 valence electrons. The Balaban J connectivity index is 2.70. The summed E-state index contributed by atoms with van der Waals surface area (Å²) in [4.78, 5) is 0. The summed E-state index contributed by atoms with van der Waals surface area (Å²) in [6.07, 6.45) is 0.860. The van der Waals surface area contributed by atoms with Crippen LogP contribution in [-0.2, 0) is 19.7 Å². The quantitative estimate of drug-likeness (QED) is 0.568. The molecule has 0 spiro atoms. The highest BCUT2D eigenvalue weighted by atomic mass is 35.5. The van der Waals surface area contributed by atoms with E-state index in [4.69, 9.17) is 24.9 Å². The lowest BCUT2D eigenvalue weighted by molar-refractivity contribution is 0.123. The number of alkyl halides is 1. The molecule has 0 N–H and O–H groups in total. The summed E-state index contributed by atoms with van der Waals surface area (Å²) in [6.45, 7) is 1.97. The Morgan fingerprint density at radius 1 is 1.17 bits per heavy atom. The molecule has 1 aromatic carbocycles. The molecule has 1 unspecified atom stereocenters. The van der Waals surface area contributed by atoms with Crippen molar-refractivity contribution in [2.45, 2.75) is 24.8 Å². The summed E-state index contributed by atoms with van der Waals surface area (Å²) < 4.78 is 16.2. The van der Waals surface area contributed by atoms with Gasteiger partial charge < -0.3 is 13.3 Å². The first-order chi connectivity index (χ1) is 8.56. The lowest BCUT2D eigenvalue weighted by atomic mass is 10.1. The van der Waals surface area contributed by atoms with Crippen molar-refractivity contribution < 1.29 is 13.3 Å². The molecular formula is C13H21ClO3Si. The summed E-state index contributed by atoms with van der Waals surface area (Å²) in [5.74, 6) is 0. The fourth-order valence-corrected chi connectivity index (χ4v) is 3.69. The van der Waals surface area contributed by atoms with Crippen molar-refractivity contribution in [3.63, 3.8) is 0 Å². The van der Waals surface area contributed by atoms with Crippen LogP contribution in [0.1, 0.15) is 23.4 Å². The summed E-state index contributed by atoms with van der Waals surface area (Å²) >= 11 is 6.08. The molecule has 0 bridgehead atoms. The van der Waals surface area contributed by atoms with E-state index in [1.54, 1.807) is 21.3 Å². The van der Waals surface area contributed by atoms with Crippen LogP contribution in [0, 0.1) is 0 Å². The van der Waals surface area contributed by atoms with E-state index in [2.05, 4.69) is 12.1 Å². The maximum absolute atomic E-state index is 6.08. The first-order valence-electron chi connectivity index (χ1n) is 5.95. The average Bonchev–Trinajstić information content (AvgIpc) is 2.41. The Morgan fingerprint density at radius 3 is 2.28 bits per heavy atom. The van der Waals surface area contributed by atoms with Crippen LogP contribution in [0.2, 0.25) is 6.04 Å². The van der Waals surface area contributed by atoms with Crippen LogP contribution < -0.4 is 0 Å².